The van der Waals surface area contributed by atoms with E-state index in [2.05, 4.69) is 64.7 Å². The lowest BCUT2D eigenvalue weighted by atomic mass is 9.84. The summed E-state index contributed by atoms with van der Waals surface area (Å²) in [4.78, 5) is 33.7. The SMILES string of the molecule is CCCCCCCCCC(OC(C)(C)[C@@H]1CCC(=O)N1Cc1cncc(-c2ccc3c(c2)CCC(=O)N3C)c1)C(C)(C)C. The summed E-state index contributed by atoms with van der Waals surface area (Å²) in [6.07, 6.45) is 16.7. The maximum absolute atomic E-state index is 13.2. The van der Waals surface area contributed by atoms with Gasteiger partial charge in [0.15, 0.2) is 0 Å². The predicted molar refractivity (Wildman–Crippen MR) is 176 cm³/mol. The Kier molecular flexibility index (Phi) is 11.1. The number of likely N-dealkylation sites (tertiary alicyclic amines) is 1. The zero-order valence-corrected chi connectivity index (χ0v) is 27.9. The number of hydrogen-bond acceptors (Lipinski definition) is 4. The van der Waals surface area contributed by atoms with Gasteiger partial charge in [0.05, 0.1) is 17.7 Å². The van der Waals surface area contributed by atoms with Gasteiger partial charge in [-0.1, -0.05) is 78.7 Å². The number of ether oxygens (including phenoxy) is 1. The largest absolute Gasteiger partial charge is 0.370 e. The van der Waals surface area contributed by atoms with Crippen LogP contribution in [0.5, 0.6) is 0 Å². The minimum atomic E-state index is -0.460. The molecule has 2 amide bonds. The minimum absolute atomic E-state index is 0.0133. The van der Waals surface area contributed by atoms with Gasteiger partial charge in [0, 0.05) is 50.1 Å². The highest BCUT2D eigenvalue weighted by Gasteiger charge is 2.44. The summed E-state index contributed by atoms with van der Waals surface area (Å²) in [6, 6.07) is 8.44. The molecule has 0 N–H and O–H groups in total. The van der Waals surface area contributed by atoms with Gasteiger partial charge in [0.2, 0.25) is 11.8 Å². The molecule has 1 unspecified atom stereocenters. The number of unbranched alkanes of at least 4 members (excludes halogenated alkanes) is 6. The van der Waals surface area contributed by atoms with Gasteiger partial charge in [-0.3, -0.25) is 14.6 Å². The topological polar surface area (TPSA) is 62.7 Å². The Morgan fingerprint density at radius 3 is 2.33 bits per heavy atom. The Labute approximate surface area is 260 Å². The zero-order valence-electron chi connectivity index (χ0n) is 27.9. The number of pyridine rings is 1. The standard InChI is InChI=1S/C37H55N3O3/c1-8-9-10-11-12-13-14-15-33(36(2,3)4)43-37(5,6)32-19-21-35(42)40(32)26-27-22-30(25-38-24-27)28-16-18-31-29(23-28)17-20-34(41)39(31)7/h16,18,22-25,32-33H,8-15,17,19-21,26H2,1-7H3/t32-,33?/m0/s1. The van der Waals surface area contributed by atoms with Crippen LogP contribution in [0.2, 0.25) is 0 Å². The first-order valence-corrected chi connectivity index (χ1v) is 16.7. The molecule has 2 aromatic rings. The highest BCUT2D eigenvalue weighted by molar-refractivity contribution is 5.96. The van der Waals surface area contributed by atoms with Crippen LogP contribution >= 0.6 is 0 Å². The number of aromatic nitrogens is 1. The molecule has 0 spiro atoms. The summed E-state index contributed by atoms with van der Waals surface area (Å²) in [6.45, 7) is 14.0. The van der Waals surface area contributed by atoms with Crippen molar-refractivity contribution in [2.45, 2.75) is 143 Å². The first-order valence-electron chi connectivity index (χ1n) is 16.7. The van der Waals surface area contributed by atoms with E-state index in [1.54, 1.807) is 4.90 Å². The molecule has 2 atom stereocenters. The fourth-order valence-corrected chi connectivity index (χ4v) is 6.82. The zero-order chi connectivity index (χ0) is 31.2. The highest BCUT2D eigenvalue weighted by atomic mass is 16.5. The number of amides is 2. The van der Waals surface area contributed by atoms with E-state index in [9.17, 15) is 9.59 Å². The normalized spacial score (nSPS) is 18.3. The number of carbonyl (C=O) groups excluding carboxylic acids is 2. The number of anilines is 1. The van der Waals surface area contributed by atoms with Crippen molar-refractivity contribution in [3.05, 3.63) is 47.8 Å². The summed E-state index contributed by atoms with van der Waals surface area (Å²) >= 11 is 0. The maximum atomic E-state index is 13.2. The van der Waals surface area contributed by atoms with Crippen LogP contribution in [0.3, 0.4) is 0 Å². The Balaban J connectivity index is 1.44. The van der Waals surface area contributed by atoms with Crippen molar-refractivity contribution in [1.29, 1.82) is 0 Å². The molecule has 0 aliphatic carbocycles. The van der Waals surface area contributed by atoms with Crippen LogP contribution in [0.15, 0.2) is 36.7 Å². The van der Waals surface area contributed by atoms with Crippen LogP contribution < -0.4 is 4.90 Å². The van der Waals surface area contributed by atoms with E-state index in [4.69, 9.17) is 4.74 Å². The van der Waals surface area contributed by atoms with Gasteiger partial charge < -0.3 is 14.5 Å². The van der Waals surface area contributed by atoms with E-state index in [-0.39, 0.29) is 29.4 Å². The Morgan fingerprint density at radius 2 is 1.60 bits per heavy atom. The van der Waals surface area contributed by atoms with E-state index in [1.807, 2.05) is 30.4 Å². The van der Waals surface area contributed by atoms with Crippen LogP contribution in [-0.2, 0) is 27.3 Å². The number of fused-ring (bicyclic) bond motifs is 1. The van der Waals surface area contributed by atoms with Gasteiger partial charge >= 0.3 is 0 Å². The van der Waals surface area contributed by atoms with Crippen LogP contribution in [0, 0.1) is 5.41 Å². The summed E-state index contributed by atoms with van der Waals surface area (Å²) in [5, 5.41) is 0. The molecule has 6 nitrogen and oxygen atoms in total. The molecule has 6 heteroatoms. The van der Waals surface area contributed by atoms with E-state index in [0.29, 0.717) is 19.4 Å². The first kappa shape index (κ1) is 33.2. The van der Waals surface area contributed by atoms with Gasteiger partial charge in [-0.15, -0.1) is 0 Å². The Bertz CT molecular complexity index is 1250. The van der Waals surface area contributed by atoms with Crippen LogP contribution in [0.25, 0.3) is 11.1 Å². The van der Waals surface area contributed by atoms with Crippen molar-refractivity contribution < 1.29 is 14.3 Å². The van der Waals surface area contributed by atoms with E-state index in [0.717, 1.165) is 41.6 Å². The predicted octanol–water partition coefficient (Wildman–Crippen LogP) is 8.50. The highest BCUT2D eigenvalue weighted by Crippen LogP contribution is 2.38. The molecule has 2 aliphatic heterocycles. The van der Waals surface area contributed by atoms with Crippen LogP contribution in [-0.4, -0.2) is 46.5 Å². The summed E-state index contributed by atoms with van der Waals surface area (Å²) in [5.41, 5.74) is 4.87. The van der Waals surface area contributed by atoms with Crippen LogP contribution in [0.1, 0.15) is 123 Å². The van der Waals surface area contributed by atoms with Gasteiger partial charge in [-0.25, -0.2) is 0 Å². The lowest BCUT2D eigenvalue weighted by molar-refractivity contribution is -0.156. The number of aryl methyl sites for hydroxylation is 1. The monoisotopic (exact) mass is 589 g/mol. The fourth-order valence-electron chi connectivity index (χ4n) is 6.82. The average molecular weight is 590 g/mol. The second-order valence-electron chi connectivity index (χ2n) is 14.4. The molecule has 3 heterocycles. The number of carbonyl (C=O) groups is 2. The van der Waals surface area contributed by atoms with Crippen molar-refractivity contribution in [2.24, 2.45) is 5.41 Å². The third-order valence-corrected chi connectivity index (χ3v) is 9.52. The average Bonchev–Trinajstić information content (AvgIpc) is 3.33. The Hall–Kier alpha value is -2.73. The van der Waals surface area contributed by atoms with Crippen LogP contribution in [0.4, 0.5) is 5.69 Å². The fraction of sp³-hybridized carbons (Fsp3) is 0.649. The van der Waals surface area contributed by atoms with Gasteiger partial charge in [0.1, 0.15) is 0 Å². The van der Waals surface area contributed by atoms with E-state index < -0.39 is 5.60 Å². The summed E-state index contributed by atoms with van der Waals surface area (Å²) in [5.74, 6) is 0.347. The van der Waals surface area contributed by atoms with Crippen molar-refractivity contribution in [3.8, 4) is 11.1 Å². The smallest absolute Gasteiger partial charge is 0.227 e. The Morgan fingerprint density at radius 1 is 0.884 bits per heavy atom. The molecule has 236 valence electrons. The van der Waals surface area contributed by atoms with Crippen molar-refractivity contribution in [3.63, 3.8) is 0 Å². The molecule has 0 bridgehead atoms. The summed E-state index contributed by atoms with van der Waals surface area (Å²) < 4.78 is 6.97. The third-order valence-electron chi connectivity index (χ3n) is 9.52. The van der Waals surface area contributed by atoms with Gasteiger partial charge in [-0.05, 0) is 73.4 Å². The molecule has 2 aliphatic rings. The van der Waals surface area contributed by atoms with E-state index in [1.165, 1.54) is 50.5 Å². The number of hydrogen-bond donors (Lipinski definition) is 0. The van der Waals surface area contributed by atoms with Gasteiger partial charge in [-0.2, -0.15) is 0 Å². The molecule has 0 radical (unpaired) electrons. The molecule has 4 rings (SSSR count). The van der Waals surface area contributed by atoms with Crippen molar-refractivity contribution >= 4 is 17.5 Å². The van der Waals surface area contributed by atoms with Crippen molar-refractivity contribution in [2.75, 3.05) is 11.9 Å². The van der Waals surface area contributed by atoms with Crippen molar-refractivity contribution in [1.82, 2.24) is 9.88 Å². The molecule has 1 aromatic heterocycles. The first-order chi connectivity index (χ1) is 20.4. The maximum Gasteiger partial charge on any atom is 0.227 e. The van der Waals surface area contributed by atoms with Gasteiger partial charge in [0.25, 0.3) is 0 Å². The molecular formula is C37H55N3O3. The number of rotatable bonds is 14. The minimum Gasteiger partial charge on any atom is -0.370 e. The molecular weight excluding hydrogens is 534 g/mol. The second-order valence-corrected chi connectivity index (χ2v) is 14.4. The lowest BCUT2D eigenvalue weighted by Crippen LogP contribution is -2.51. The third kappa shape index (κ3) is 8.47. The molecule has 0 saturated carbocycles. The number of benzene rings is 1. The lowest BCUT2D eigenvalue weighted by Gasteiger charge is -2.43. The second kappa shape index (κ2) is 14.4. The quantitative estimate of drug-likeness (QED) is 0.207. The molecule has 1 fully saturated rings. The number of nitrogens with zero attached hydrogens (tertiary/aromatic N) is 3. The molecule has 1 aromatic carbocycles. The molecule has 1 saturated heterocycles. The van der Waals surface area contributed by atoms with E-state index >= 15 is 0 Å². The molecule has 43 heavy (non-hydrogen) atoms. The summed E-state index contributed by atoms with van der Waals surface area (Å²) in [7, 11) is 1.84.